The Morgan fingerprint density at radius 3 is 2.39 bits per heavy atom. The fourth-order valence-corrected chi connectivity index (χ4v) is 3.86. The SMILES string of the molecule is COc1ccc(C(=O)C2CCN(c3ccc(-c4nc(C)c(C)c(=O)[nH]4)cn3)CC2)cc1. The monoisotopic (exact) mass is 418 g/mol. The lowest BCUT2D eigenvalue weighted by atomic mass is 9.89. The number of aromatic nitrogens is 3. The summed E-state index contributed by atoms with van der Waals surface area (Å²) in [5.41, 5.74) is 2.71. The normalized spacial score (nSPS) is 14.5. The minimum absolute atomic E-state index is 0.0220. The lowest BCUT2D eigenvalue weighted by Gasteiger charge is -2.32. The van der Waals surface area contributed by atoms with E-state index in [0.29, 0.717) is 17.1 Å². The minimum Gasteiger partial charge on any atom is -0.497 e. The van der Waals surface area contributed by atoms with Gasteiger partial charge in [0.25, 0.3) is 5.56 Å². The highest BCUT2D eigenvalue weighted by Gasteiger charge is 2.26. The Morgan fingerprint density at radius 1 is 1.10 bits per heavy atom. The molecule has 0 aliphatic carbocycles. The summed E-state index contributed by atoms with van der Waals surface area (Å²) in [6.07, 6.45) is 3.32. The van der Waals surface area contributed by atoms with Crippen molar-refractivity contribution in [3.63, 3.8) is 0 Å². The number of carbonyl (C=O) groups excluding carboxylic acids is 1. The number of aryl methyl sites for hydroxylation is 1. The standard InChI is InChI=1S/C24H26N4O3/c1-15-16(2)26-23(27-24(15)30)19-6-9-21(25-14-19)28-12-10-18(11-13-28)22(29)17-4-7-20(31-3)8-5-17/h4-9,14,18H,10-13H2,1-3H3,(H,26,27,30). The minimum atomic E-state index is -0.129. The second kappa shape index (κ2) is 8.71. The first kappa shape index (κ1) is 20.8. The lowest BCUT2D eigenvalue weighted by molar-refractivity contribution is 0.0900. The number of nitrogens with zero attached hydrogens (tertiary/aromatic N) is 3. The fraction of sp³-hybridized carbons (Fsp3) is 0.333. The summed E-state index contributed by atoms with van der Waals surface area (Å²) < 4.78 is 5.16. The predicted molar refractivity (Wildman–Crippen MR) is 120 cm³/mol. The van der Waals surface area contributed by atoms with Crippen LogP contribution in [0, 0.1) is 19.8 Å². The number of aromatic amines is 1. The first-order valence-electron chi connectivity index (χ1n) is 10.4. The third-order valence-electron chi connectivity index (χ3n) is 5.98. The van der Waals surface area contributed by atoms with Crippen LogP contribution in [0.25, 0.3) is 11.4 Å². The molecule has 0 atom stereocenters. The maximum Gasteiger partial charge on any atom is 0.254 e. The molecule has 2 aromatic heterocycles. The maximum atomic E-state index is 12.8. The zero-order valence-corrected chi connectivity index (χ0v) is 18.0. The van der Waals surface area contributed by atoms with Crippen LogP contribution >= 0.6 is 0 Å². The summed E-state index contributed by atoms with van der Waals surface area (Å²) in [5, 5.41) is 0. The van der Waals surface area contributed by atoms with Gasteiger partial charge in [0, 0.05) is 47.6 Å². The first-order chi connectivity index (χ1) is 15.0. The molecule has 0 unspecified atom stereocenters. The quantitative estimate of drug-likeness (QED) is 0.638. The van der Waals surface area contributed by atoms with Crippen molar-refractivity contribution in [1.82, 2.24) is 15.0 Å². The molecule has 31 heavy (non-hydrogen) atoms. The molecule has 1 fully saturated rings. The Balaban J connectivity index is 1.41. The smallest absolute Gasteiger partial charge is 0.254 e. The number of anilines is 1. The second-order valence-corrected chi connectivity index (χ2v) is 7.88. The molecule has 0 radical (unpaired) electrons. The van der Waals surface area contributed by atoms with Crippen LogP contribution in [0.5, 0.6) is 5.75 Å². The Hall–Kier alpha value is -3.48. The van der Waals surface area contributed by atoms with Gasteiger partial charge in [0.05, 0.1) is 7.11 Å². The number of ketones is 1. The topological polar surface area (TPSA) is 88.2 Å². The van der Waals surface area contributed by atoms with Crippen molar-refractivity contribution in [3.05, 3.63) is 69.8 Å². The second-order valence-electron chi connectivity index (χ2n) is 7.88. The van der Waals surface area contributed by atoms with Crippen LogP contribution in [0.1, 0.15) is 34.5 Å². The van der Waals surface area contributed by atoms with Gasteiger partial charge in [0.2, 0.25) is 0 Å². The van der Waals surface area contributed by atoms with Gasteiger partial charge in [-0.2, -0.15) is 0 Å². The van der Waals surface area contributed by atoms with Crippen LogP contribution in [0.4, 0.5) is 5.82 Å². The summed E-state index contributed by atoms with van der Waals surface area (Å²) >= 11 is 0. The molecule has 1 aromatic carbocycles. The number of ether oxygens (including phenoxy) is 1. The third-order valence-corrected chi connectivity index (χ3v) is 5.98. The van der Waals surface area contributed by atoms with E-state index in [1.807, 2.05) is 43.3 Å². The van der Waals surface area contributed by atoms with Gasteiger partial charge in [0.15, 0.2) is 5.78 Å². The molecule has 0 amide bonds. The molecular formula is C24H26N4O3. The number of rotatable bonds is 5. The highest BCUT2D eigenvalue weighted by Crippen LogP contribution is 2.26. The number of hydrogen-bond acceptors (Lipinski definition) is 6. The Bertz CT molecular complexity index is 1130. The molecule has 7 nitrogen and oxygen atoms in total. The molecule has 3 heterocycles. The van der Waals surface area contributed by atoms with Gasteiger partial charge in [-0.15, -0.1) is 0 Å². The summed E-state index contributed by atoms with van der Waals surface area (Å²) in [4.78, 5) is 38.9. The lowest BCUT2D eigenvalue weighted by Crippen LogP contribution is -2.36. The van der Waals surface area contributed by atoms with E-state index < -0.39 is 0 Å². The van der Waals surface area contributed by atoms with Crippen LogP contribution in [0.3, 0.4) is 0 Å². The molecule has 7 heteroatoms. The summed E-state index contributed by atoms with van der Waals surface area (Å²) in [6.45, 7) is 5.14. The van der Waals surface area contributed by atoms with Crippen molar-refractivity contribution in [1.29, 1.82) is 0 Å². The van der Waals surface area contributed by atoms with Crippen LogP contribution < -0.4 is 15.2 Å². The number of nitrogens with one attached hydrogen (secondary N) is 1. The van der Waals surface area contributed by atoms with Crippen LogP contribution in [-0.4, -0.2) is 40.9 Å². The van der Waals surface area contributed by atoms with Gasteiger partial charge in [-0.25, -0.2) is 9.97 Å². The van der Waals surface area contributed by atoms with Crippen molar-refractivity contribution < 1.29 is 9.53 Å². The van der Waals surface area contributed by atoms with E-state index in [1.165, 1.54) is 0 Å². The van der Waals surface area contributed by atoms with Crippen LogP contribution in [0.15, 0.2) is 47.4 Å². The Labute approximate surface area is 181 Å². The molecular weight excluding hydrogens is 392 g/mol. The van der Waals surface area contributed by atoms with Crippen molar-refractivity contribution in [3.8, 4) is 17.1 Å². The molecule has 160 valence electrons. The number of pyridine rings is 1. The van der Waals surface area contributed by atoms with Gasteiger partial charge in [-0.05, 0) is 63.1 Å². The molecule has 4 rings (SSSR count). The molecule has 1 aliphatic rings. The van der Waals surface area contributed by atoms with Crippen molar-refractivity contribution in [2.24, 2.45) is 5.92 Å². The number of H-pyrrole nitrogens is 1. The van der Waals surface area contributed by atoms with E-state index in [0.717, 1.165) is 48.6 Å². The van der Waals surface area contributed by atoms with Gasteiger partial charge in [0.1, 0.15) is 17.4 Å². The van der Waals surface area contributed by atoms with Crippen LogP contribution in [-0.2, 0) is 0 Å². The fourth-order valence-electron chi connectivity index (χ4n) is 3.86. The zero-order chi connectivity index (χ0) is 22.0. The summed E-state index contributed by atoms with van der Waals surface area (Å²) in [5.74, 6) is 2.35. The first-order valence-corrected chi connectivity index (χ1v) is 10.4. The molecule has 0 saturated carbocycles. The van der Waals surface area contributed by atoms with E-state index in [-0.39, 0.29) is 17.3 Å². The number of hydrogen-bond donors (Lipinski definition) is 1. The number of methoxy groups -OCH3 is 1. The molecule has 1 aliphatic heterocycles. The molecule has 0 bridgehead atoms. The van der Waals surface area contributed by atoms with Gasteiger partial charge in [-0.1, -0.05) is 0 Å². The number of piperidine rings is 1. The van der Waals surface area contributed by atoms with E-state index in [4.69, 9.17) is 4.74 Å². The number of Topliss-reactive ketones (excluding diaryl/α,β-unsaturated/α-hetero) is 1. The van der Waals surface area contributed by atoms with Crippen LogP contribution in [0.2, 0.25) is 0 Å². The Kier molecular flexibility index (Phi) is 5.84. The molecule has 3 aromatic rings. The molecule has 0 spiro atoms. The molecule has 1 saturated heterocycles. The van der Waals surface area contributed by atoms with Gasteiger partial charge >= 0.3 is 0 Å². The number of carbonyl (C=O) groups is 1. The van der Waals surface area contributed by atoms with Gasteiger partial charge in [-0.3, -0.25) is 9.59 Å². The Morgan fingerprint density at radius 2 is 1.81 bits per heavy atom. The van der Waals surface area contributed by atoms with Crippen molar-refractivity contribution in [2.75, 3.05) is 25.1 Å². The highest BCUT2D eigenvalue weighted by atomic mass is 16.5. The van der Waals surface area contributed by atoms with E-state index in [2.05, 4.69) is 19.9 Å². The summed E-state index contributed by atoms with van der Waals surface area (Å²) in [6, 6.07) is 11.2. The van der Waals surface area contributed by atoms with E-state index in [1.54, 1.807) is 20.2 Å². The number of benzene rings is 1. The van der Waals surface area contributed by atoms with Gasteiger partial charge < -0.3 is 14.6 Å². The zero-order valence-electron chi connectivity index (χ0n) is 18.0. The summed E-state index contributed by atoms with van der Waals surface area (Å²) in [7, 11) is 1.62. The van der Waals surface area contributed by atoms with E-state index in [9.17, 15) is 9.59 Å². The van der Waals surface area contributed by atoms with Crippen molar-refractivity contribution >= 4 is 11.6 Å². The third kappa shape index (κ3) is 4.35. The average Bonchev–Trinajstić information content (AvgIpc) is 2.82. The predicted octanol–water partition coefficient (Wildman–Crippen LogP) is 3.56. The highest BCUT2D eigenvalue weighted by molar-refractivity contribution is 5.98. The van der Waals surface area contributed by atoms with Crippen molar-refractivity contribution in [2.45, 2.75) is 26.7 Å². The largest absolute Gasteiger partial charge is 0.497 e. The van der Waals surface area contributed by atoms with E-state index >= 15 is 0 Å². The average molecular weight is 418 g/mol. The molecule has 1 N–H and O–H groups in total. The maximum absolute atomic E-state index is 12.8.